The third-order valence-electron chi connectivity index (χ3n) is 4.10. The summed E-state index contributed by atoms with van der Waals surface area (Å²) in [6.07, 6.45) is 4.84. The van der Waals surface area contributed by atoms with Crippen LogP contribution in [0.4, 0.5) is 5.69 Å². The second-order valence-corrected chi connectivity index (χ2v) is 5.95. The molecule has 0 spiro atoms. The zero-order valence-corrected chi connectivity index (χ0v) is 14.7. The fraction of sp³-hybridized carbons (Fsp3) is 0.400. The Morgan fingerprint density at radius 2 is 1.54 bits per heavy atom. The van der Waals surface area contributed by atoms with Gasteiger partial charge in [0.25, 0.3) is 11.8 Å². The van der Waals surface area contributed by atoms with Gasteiger partial charge in [0.1, 0.15) is 0 Å². The second-order valence-electron chi connectivity index (χ2n) is 5.95. The van der Waals surface area contributed by atoms with Crippen LogP contribution in [-0.4, -0.2) is 18.4 Å². The summed E-state index contributed by atoms with van der Waals surface area (Å²) in [6.45, 7) is 7.39. The number of carbonyl (C=O) groups excluding carboxylic acids is 2. The highest BCUT2D eigenvalue weighted by Gasteiger charge is 2.25. The van der Waals surface area contributed by atoms with Gasteiger partial charge in [-0.3, -0.25) is 14.9 Å². The molecule has 128 valence electrons. The molecule has 1 aliphatic heterocycles. The van der Waals surface area contributed by atoms with Gasteiger partial charge in [-0.05, 0) is 24.6 Å². The van der Waals surface area contributed by atoms with Gasteiger partial charge in [-0.15, -0.1) is 0 Å². The number of carbonyl (C=O) groups is 2. The number of hydrogen-bond donors (Lipinski definition) is 2. The minimum atomic E-state index is -0.321. The first-order valence-corrected chi connectivity index (χ1v) is 8.79. The first-order chi connectivity index (χ1) is 11.6. The van der Waals surface area contributed by atoms with Gasteiger partial charge in [0.15, 0.2) is 0 Å². The highest BCUT2D eigenvalue weighted by atomic mass is 16.2. The van der Waals surface area contributed by atoms with Crippen LogP contribution in [0.25, 0.3) is 10.8 Å². The molecule has 0 aromatic heterocycles. The molecule has 2 aromatic carbocycles. The van der Waals surface area contributed by atoms with Crippen molar-refractivity contribution in [3.8, 4) is 0 Å². The fourth-order valence-corrected chi connectivity index (χ4v) is 2.58. The maximum atomic E-state index is 11.9. The standard InChI is InChI=1S/C16H16N2O2.C4H10/c1-2-3-9-17-13-8-7-12-14-10(13)5-4-6-11(14)15(19)18-16(12)20;1-3-4-2/h4-8,17H,2-3,9H2,1H3,(H,18,19,20);3-4H2,1-2H3. The molecule has 2 amide bonds. The van der Waals surface area contributed by atoms with E-state index in [9.17, 15) is 9.59 Å². The minimum Gasteiger partial charge on any atom is -0.385 e. The Labute approximate surface area is 143 Å². The monoisotopic (exact) mass is 326 g/mol. The number of anilines is 1. The van der Waals surface area contributed by atoms with Gasteiger partial charge >= 0.3 is 0 Å². The highest BCUT2D eigenvalue weighted by Crippen LogP contribution is 2.31. The average Bonchev–Trinajstić information content (AvgIpc) is 2.60. The first-order valence-electron chi connectivity index (χ1n) is 8.79. The van der Waals surface area contributed by atoms with Crippen LogP contribution in [0.5, 0.6) is 0 Å². The number of unbranched alkanes of at least 4 members (excludes halogenated alkanes) is 2. The van der Waals surface area contributed by atoms with Crippen molar-refractivity contribution in [2.24, 2.45) is 0 Å². The van der Waals surface area contributed by atoms with E-state index in [4.69, 9.17) is 0 Å². The lowest BCUT2D eigenvalue weighted by atomic mass is 9.94. The van der Waals surface area contributed by atoms with E-state index in [0.717, 1.165) is 35.8 Å². The number of amides is 2. The van der Waals surface area contributed by atoms with Gasteiger partial charge in [-0.1, -0.05) is 52.2 Å². The average molecular weight is 326 g/mol. The number of imide groups is 1. The predicted octanol–water partition coefficient (Wildman–Crippen LogP) is 4.74. The van der Waals surface area contributed by atoms with Gasteiger partial charge in [-0.2, -0.15) is 0 Å². The van der Waals surface area contributed by atoms with Crippen LogP contribution < -0.4 is 10.6 Å². The Balaban J connectivity index is 0.000000471. The summed E-state index contributed by atoms with van der Waals surface area (Å²) in [7, 11) is 0. The normalized spacial score (nSPS) is 12.5. The zero-order chi connectivity index (χ0) is 17.5. The number of hydrogen-bond acceptors (Lipinski definition) is 3. The lowest BCUT2D eigenvalue weighted by Crippen LogP contribution is -2.34. The van der Waals surface area contributed by atoms with Crippen LogP contribution in [0, 0.1) is 0 Å². The topological polar surface area (TPSA) is 58.2 Å². The summed E-state index contributed by atoms with van der Waals surface area (Å²) >= 11 is 0. The molecule has 4 heteroatoms. The maximum absolute atomic E-state index is 11.9. The number of benzene rings is 2. The van der Waals surface area contributed by atoms with Crippen LogP contribution in [0.3, 0.4) is 0 Å². The van der Waals surface area contributed by atoms with Crippen molar-refractivity contribution >= 4 is 28.3 Å². The molecule has 4 nitrogen and oxygen atoms in total. The second kappa shape index (κ2) is 8.48. The Kier molecular flexibility index (Phi) is 6.36. The molecule has 2 aromatic rings. The summed E-state index contributed by atoms with van der Waals surface area (Å²) in [6, 6.07) is 9.24. The largest absolute Gasteiger partial charge is 0.385 e. The van der Waals surface area contributed by atoms with Crippen LogP contribution in [0.15, 0.2) is 30.3 Å². The molecule has 1 heterocycles. The van der Waals surface area contributed by atoms with Gasteiger partial charge in [0, 0.05) is 34.1 Å². The number of rotatable bonds is 5. The van der Waals surface area contributed by atoms with E-state index >= 15 is 0 Å². The van der Waals surface area contributed by atoms with Crippen LogP contribution in [-0.2, 0) is 0 Å². The molecule has 0 saturated carbocycles. The van der Waals surface area contributed by atoms with Crippen molar-refractivity contribution in [2.75, 3.05) is 11.9 Å². The zero-order valence-electron chi connectivity index (χ0n) is 14.7. The Hall–Kier alpha value is -2.36. The molecule has 0 aliphatic carbocycles. The summed E-state index contributed by atoms with van der Waals surface area (Å²) in [5.41, 5.74) is 2.11. The quantitative estimate of drug-likeness (QED) is 0.616. The lowest BCUT2D eigenvalue weighted by molar-refractivity contribution is 0.0845. The summed E-state index contributed by atoms with van der Waals surface area (Å²) in [5, 5.41) is 7.43. The molecule has 2 N–H and O–H groups in total. The van der Waals surface area contributed by atoms with Gasteiger partial charge < -0.3 is 5.32 Å². The highest BCUT2D eigenvalue weighted by molar-refractivity contribution is 6.26. The summed E-state index contributed by atoms with van der Waals surface area (Å²) in [5.74, 6) is -0.641. The molecular formula is C20H26N2O2. The van der Waals surface area contributed by atoms with E-state index < -0.39 is 0 Å². The summed E-state index contributed by atoms with van der Waals surface area (Å²) < 4.78 is 0. The van der Waals surface area contributed by atoms with Crippen LogP contribution in [0.2, 0.25) is 0 Å². The lowest BCUT2D eigenvalue weighted by Gasteiger charge is -2.19. The number of nitrogens with one attached hydrogen (secondary N) is 2. The van der Waals surface area contributed by atoms with E-state index in [1.807, 2.05) is 18.2 Å². The van der Waals surface area contributed by atoms with Crippen molar-refractivity contribution in [1.29, 1.82) is 0 Å². The molecular weight excluding hydrogens is 300 g/mol. The minimum absolute atomic E-state index is 0.321. The van der Waals surface area contributed by atoms with E-state index in [1.165, 1.54) is 12.8 Å². The summed E-state index contributed by atoms with van der Waals surface area (Å²) in [4.78, 5) is 23.8. The smallest absolute Gasteiger partial charge is 0.258 e. The van der Waals surface area contributed by atoms with Crippen molar-refractivity contribution in [1.82, 2.24) is 5.32 Å². The molecule has 0 bridgehead atoms. The first kappa shape index (κ1) is 18.0. The third-order valence-corrected chi connectivity index (χ3v) is 4.10. The van der Waals surface area contributed by atoms with Crippen molar-refractivity contribution in [3.63, 3.8) is 0 Å². The molecule has 0 saturated heterocycles. The van der Waals surface area contributed by atoms with Gasteiger partial charge in [-0.25, -0.2) is 0 Å². The molecule has 0 fully saturated rings. The van der Waals surface area contributed by atoms with Crippen molar-refractivity contribution in [3.05, 3.63) is 41.5 Å². The Bertz CT molecular complexity index is 715. The van der Waals surface area contributed by atoms with E-state index in [2.05, 4.69) is 31.4 Å². The van der Waals surface area contributed by atoms with Gasteiger partial charge in [0.05, 0.1) is 0 Å². The van der Waals surface area contributed by atoms with E-state index in [-0.39, 0.29) is 11.8 Å². The predicted molar refractivity (Wildman–Crippen MR) is 99.7 cm³/mol. The van der Waals surface area contributed by atoms with Gasteiger partial charge in [0.2, 0.25) is 0 Å². The van der Waals surface area contributed by atoms with E-state index in [0.29, 0.717) is 11.1 Å². The SMILES string of the molecule is CCCC.CCCCNc1ccc2c3c(cccc13)C(=O)NC2=O. The molecule has 0 atom stereocenters. The Morgan fingerprint density at radius 3 is 2.17 bits per heavy atom. The molecule has 24 heavy (non-hydrogen) atoms. The van der Waals surface area contributed by atoms with Crippen molar-refractivity contribution in [2.45, 2.75) is 46.5 Å². The molecule has 0 radical (unpaired) electrons. The van der Waals surface area contributed by atoms with E-state index in [1.54, 1.807) is 12.1 Å². The molecule has 1 aliphatic rings. The molecule has 3 rings (SSSR count). The van der Waals surface area contributed by atoms with Crippen LogP contribution >= 0.6 is 0 Å². The fourth-order valence-electron chi connectivity index (χ4n) is 2.58. The van der Waals surface area contributed by atoms with Crippen molar-refractivity contribution < 1.29 is 9.59 Å². The molecule has 0 unspecified atom stereocenters. The third kappa shape index (κ3) is 3.75. The Morgan fingerprint density at radius 1 is 0.875 bits per heavy atom. The maximum Gasteiger partial charge on any atom is 0.258 e. The van der Waals surface area contributed by atoms with Crippen LogP contribution in [0.1, 0.15) is 67.2 Å².